The van der Waals surface area contributed by atoms with Crippen molar-refractivity contribution in [2.75, 3.05) is 13.7 Å². The summed E-state index contributed by atoms with van der Waals surface area (Å²) in [4.78, 5) is 36.9. The maximum atomic E-state index is 12.7. The van der Waals surface area contributed by atoms with Crippen molar-refractivity contribution in [1.82, 2.24) is 5.32 Å². The molecule has 9 heteroatoms. The van der Waals surface area contributed by atoms with Crippen molar-refractivity contribution in [3.63, 3.8) is 0 Å². The van der Waals surface area contributed by atoms with Crippen LogP contribution in [0.15, 0.2) is 24.3 Å². The molecular formula is C28H39NO8. The molecule has 1 aromatic rings. The smallest absolute Gasteiger partial charge is 0.308 e. The van der Waals surface area contributed by atoms with E-state index in [0.29, 0.717) is 18.9 Å². The van der Waals surface area contributed by atoms with Crippen molar-refractivity contribution >= 4 is 11.9 Å². The van der Waals surface area contributed by atoms with Crippen LogP contribution >= 0.6 is 0 Å². The van der Waals surface area contributed by atoms with Crippen LogP contribution in [0.3, 0.4) is 0 Å². The molecule has 8 atom stereocenters. The number of rotatable bonds is 8. The van der Waals surface area contributed by atoms with Crippen LogP contribution < -0.4 is 10.1 Å². The maximum absolute atomic E-state index is 12.7. The van der Waals surface area contributed by atoms with E-state index >= 15 is 0 Å². The summed E-state index contributed by atoms with van der Waals surface area (Å²) in [6, 6.07) is 7.72. The Morgan fingerprint density at radius 2 is 1.84 bits per heavy atom. The topological polar surface area (TPSA) is 102 Å². The van der Waals surface area contributed by atoms with E-state index in [1.807, 2.05) is 38.1 Å². The highest BCUT2D eigenvalue weighted by Gasteiger charge is 2.69. The fourth-order valence-corrected chi connectivity index (χ4v) is 6.64. The van der Waals surface area contributed by atoms with Gasteiger partial charge in [0.05, 0.1) is 13.5 Å². The van der Waals surface area contributed by atoms with Crippen molar-refractivity contribution in [2.24, 2.45) is 23.7 Å². The Bertz CT molecular complexity index is 985. The Labute approximate surface area is 218 Å². The number of hydrogen-bond acceptors (Lipinski definition) is 8. The van der Waals surface area contributed by atoms with Gasteiger partial charge >= 0.3 is 5.97 Å². The predicted octanol–water partition coefficient (Wildman–Crippen LogP) is 3.89. The van der Waals surface area contributed by atoms with E-state index < -0.39 is 29.9 Å². The van der Waals surface area contributed by atoms with E-state index in [2.05, 4.69) is 12.2 Å². The molecule has 37 heavy (non-hydrogen) atoms. The first-order valence-electron chi connectivity index (χ1n) is 13.5. The lowest BCUT2D eigenvalue weighted by atomic mass is 9.58. The first-order valence-corrected chi connectivity index (χ1v) is 13.5. The average Bonchev–Trinajstić information content (AvgIpc) is 3.12. The summed E-state index contributed by atoms with van der Waals surface area (Å²) in [5, 5.41) is 2.87. The van der Waals surface area contributed by atoms with E-state index in [1.54, 1.807) is 7.11 Å². The van der Waals surface area contributed by atoms with Gasteiger partial charge in [0.15, 0.2) is 11.9 Å². The number of hydrogen-bond donors (Lipinski definition) is 1. The van der Waals surface area contributed by atoms with Gasteiger partial charge in [0.25, 0.3) is 0 Å². The summed E-state index contributed by atoms with van der Waals surface area (Å²) in [6.45, 7) is 6.66. The number of amides is 1. The zero-order valence-corrected chi connectivity index (χ0v) is 22.2. The van der Waals surface area contributed by atoms with Crippen molar-refractivity contribution in [3.05, 3.63) is 29.8 Å². The molecule has 4 heterocycles. The number of ether oxygens (including phenoxy) is 4. The summed E-state index contributed by atoms with van der Waals surface area (Å²) >= 11 is 0. The SMILES string of the molecule is COc1ccc(CCNC(=O)CCC(=O)O[C@@H]2O[C@@H]3O[C@]4(C)CC[C@H]5[C@H](C)CC[C@@H]([C@H]2C)[C@@]35OO4)cc1. The highest BCUT2D eigenvalue weighted by molar-refractivity contribution is 5.81. The second-order valence-electron chi connectivity index (χ2n) is 11.2. The van der Waals surface area contributed by atoms with Crippen LogP contribution in [0.1, 0.15) is 64.9 Å². The van der Waals surface area contributed by atoms with Crippen molar-refractivity contribution < 1.29 is 38.3 Å². The molecule has 0 radical (unpaired) electrons. The number of carbonyl (C=O) groups excluding carboxylic acids is 2. The van der Waals surface area contributed by atoms with Gasteiger partial charge in [-0.25, -0.2) is 9.78 Å². The zero-order valence-electron chi connectivity index (χ0n) is 22.2. The van der Waals surface area contributed by atoms with Crippen LogP contribution in [-0.4, -0.2) is 49.5 Å². The molecule has 4 aliphatic heterocycles. The number of methoxy groups -OCH3 is 1. The summed E-state index contributed by atoms with van der Waals surface area (Å²) < 4.78 is 23.5. The summed E-state index contributed by atoms with van der Waals surface area (Å²) in [5.74, 6) is -0.0294. The predicted molar refractivity (Wildman–Crippen MR) is 132 cm³/mol. The van der Waals surface area contributed by atoms with Gasteiger partial charge in [-0.2, -0.15) is 0 Å². The fraction of sp³-hybridized carbons (Fsp3) is 0.714. The Morgan fingerprint density at radius 1 is 1.05 bits per heavy atom. The molecule has 204 valence electrons. The molecule has 1 saturated carbocycles. The molecule has 1 aromatic carbocycles. The van der Waals surface area contributed by atoms with Crippen LogP contribution in [0.2, 0.25) is 0 Å². The molecule has 2 bridgehead atoms. The third kappa shape index (κ3) is 5.11. The van der Waals surface area contributed by atoms with Crippen LogP contribution in [0, 0.1) is 23.7 Å². The zero-order chi connectivity index (χ0) is 26.2. The lowest BCUT2D eigenvalue weighted by Crippen LogP contribution is -2.70. The van der Waals surface area contributed by atoms with Gasteiger partial charge in [-0.1, -0.05) is 26.0 Å². The largest absolute Gasteiger partial charge is 0.497 e. The molecule has 0 aromatic heterocycles. The van der Waals surface area contributed by atoms with Crippen LogP contribution in [0.25, 0.3) is 0 Å². The van der Waals surface area contributed by atoms with Crippen LogP contribution in [0.4, 0.5) is 0 Å². The van der Waals surface area contributed by atoms with Gasteiger partial charge in [0, 0.05) is 31.2 Å². The third-order valence-corrected chi connectivity index (χ3v) is 8.80. The first-order chi connectivity index (χ1) is 17.7. The molecule has 9 nitrogen and oxygen atoms in total. The number of nitrogens with one attached hydrogen (secondary N) is 1. The van der Waals surface area contributed by atoms with Crippen LogP contribution in [-0.2, 0) is 40.0 Å². The Kier molecular flexibility index (Phi) is 7.51. The Morgan fingerprint density at radius 3 is 2.59 bits per heavy atom. The minimum atomic E-state index is -0.878. The van der Waals surface area contributed by atoms with E-state index in [1.165, 1.54) is 0 Å². The van der Waals surface area contributed by atoms with E-state index in [0.717, 1.165) is 37.0 Å². The highest BCUT2D eigenvalue weighted by atomic mass is 17.3. The minimum absolute atomic E-state index is 0.0146. The molecule has 1 spiro atoms. The number of fused-ring (bicyclic) bond motifs is 2. The van der Waals surface area contributed by atoms with E-state index in [4.69, 9.17) is 28.7 Å². The van der Waals surface area contributed by atoms with Gasteiger partial charge in [0.2, 0.25) is 18.0 Å². The Hall–Kier alpha value is -2.20. The molecule has 1 amide bonds. The van der Waals surface area contributed by atoms with Gasteiger partial charge in [-0.3, -0.25) is 9.59 Å². The molecule has 5 aliphatic rings. The quantitative estimate of drug-likeness (QED) is 0.410. The van der Waals surface area contributed by atoms with E-state index in [-0.39, 0.29) is 36.5 Å². The number of carbonyl (C=O) groups is 2. The summed E-state index contributed by atoms with van der Waals surface area (Å²) in [5.41, 5.74) is 0.401. The number of benzene rings is 1. The van der Waals surface area contributed by atoms with Gasteiger partial charge < -0.3 is 24.3 Å². The van der Waals surface area contributed by atoms with Crippen molar-refractivity contribution in [2.45, 2.75) is 89.7 Å². The molecule has 5 fully saturated rings. The maximum Gasteiger partial charge on any atom is 0.308 e. The second-order valence-corrected chi connectivity index (χ2v) is 11.2. The third-order valence-electron chi connectivity index (χ3n) is 8.80. The number of esters is 1. The minimum Gasteiger partial charge on any atom is -0.497 e. The van der Waals surface area contributed by atoms with Gasteiger partial charge in [-0.05, 0) is 62.1 Å². The lowest BCUT2D eigenvalue weighted by molar-refractivity contribution is -0.576. The van der Waals surface area contributed by atoms with E-state index in [9.17, 15) is 9.59 Å². The molecule has 0 unspecified atom stereocenters. The summed E-state index contributed by atoms with van der Waals surface area (Å²) in [6.07, 6.45) is 2.99. The monoisotopic (exact) mass is 517 g/mol. The Balaban J connectivity index is 1.13. The molecule has 1 aliphatic carbocycles. The van der Waals surface area contributed by atoms with Crippen molar-refractivity contribution in [3.8, 4) is 5.75 Å². The highest BCUT2D eigenvalue weighted by Crippen LogP contribution is 2.60. The summed E-state index contributed by atoms with van der Waals surface area (Å²) in [7, 11) is 1.63. The second kappa shape index (κ2) is 10.5. The van der Waals surface area contributed by atoms with Crippen LogP contribution in [0.5, 0.6) is 5.75 Å². The van der Waals surface area contributed by atoms with Crippen molar-refractivity contribution in [1.29, 1.82) is 0 Å². The average molecular weight is 518 g/mol. The lowest BCUT2D eigenvalue weighted by Gasteiger charge is -2.59. The fourth-order valence-electron chi connectivity index (χ4n) is 6.64. The molecule has 1 N–H and O–H groups in total. The molecule has 6 rings (SSSR count). The molecule has 4 saturated heterocycles. The standard InChI is InChI=1S/C28H39NO8/c1-17-5-10-22-18(2)25(34-26-28(22)21(17)13-15-27(3,35-26)36-37-28)33-24(31)12-11-23(30)29-16-14-19-6-8-20(32-4)9-7-19/h6-9,17-18,21-22,25-26H,5,10-16H2,1-4H3,(H,29,30)/t17-,18-,21+,22+,25-,26-,27+,28-/m1/s1. The van der Waals surface area contributed by atoms with Gasteiger partial charge in [0.1, 0.15) is 5.75 Å². The van der Waals surface area contributed by atoms with Gasteiger partial charge in [-0.15, -0.1) is 0 Å². The molecular weight excluding hydrogens is 478 g/mol. The first kappa shape index (κ1) is 26.4. The normalized spacial score (nSPS) is 38.3.